The van der Waals surface area contributed by atoms with Crippen molar-refractivity contribution in [3.63, 3.8) is 0 Å². The molecule has 0 aliphatic heterocycles. The van der Waals surface area contributed by atoms with Crippen molar-refractivity contribution in [1.82, 2.24) is 5.43 Å². The van der Waals surface area contributed by atoms with E-state index in [1.807, 2.05) is 19.1 Å². The lowest BCUT2D eigenvalue weighted by atomic mass is 10.1. The molecule has 0 aliphatic carbocycles. The maximum atomic E-state index is 12.5. The molecule has 0 fully saturated rings. The fourth-order valence-electron chi connectivity index (χ4n) is 2.65. The van der Waals surface area contributed by atoms with Gasteiger partial charge in [-0.05, 0) is 61.0 Å². The SMILES string of the molecule is COc1ccc(C(=O)Oc2ccc(Br)cc2/C=N/NC(=O)c2ccccc2C)cc1. The predicted molar refractivity (Wildman–Crippen MR) is 118 cm³/mol. The number of nitrogens with zero attached hydrogens (tertiary/aromatic N) is 1. The van der Waals surface area contributed by atoms with E-state index in [-0.39, 0.29) is 5.91 Å². The summed E-state index contributed by atoms with van der Waals surface area (Å²) in [6.07, 6.45) is 1.43. The Balaban J connectivity index is 1.74. The Hall–Kier alpha value is -3.45. The first-order chi connectivity index (χ1) is 14.5. The van der Waals surface area contributed by atoms with Crippen LogP contribution in [0.4, 0.5) is 0 Å². The second-order valence-electron chi connectivity index (χ2n) is 6.31. The van der Waals surface area contributed by atoms with Crippen LogP contribution in [0.15, 0.2) is 76.3 Å². The average Bonchev–Trinajstić information content (AvgIpc) is 2.75. The molecule has 7 heteroatoms. The summed E-state index contributed by atoms with van der Waals surface area (Å²) < 4.78 is 11.4. The van der Waals surface area contributed by atoms with Crippen molar-refractivity contribution < 1.29 is 19.1 Å². The highest BCUT2D eigenvalue weighted by molar-refractivity contribution is 9.10. The topological polar surface area (TPSA) is 77.0 Å². The van der Waals surface area contributed by atoms with Gasteiger partial charge >= 0.3 is 5.97 Å². The zero-order chi connectivity index (χ0) is 21.5. The number of aryl methyl sites for hydroxylation is 1. The van der Waals surface area contributed by atoms with Crippen molar-refractivity contribution in [2.24, 2.45) is 5.10 Å². The first kappa shape index (κ1) is 21.3. The van der Waals surface area contributed by atoms with E-state index in [0.29, 0.717) is 28.2 Å². The standard InChI is InChI=1S/C23H19BrN2O4/c1-15-5-3-4-6-20(15)22(27)26-25-14-17-13-18(24)9-12-21(17)30-23(28)16-7-10-19(29-2)11-8-16/h3-14H,1-2H3,(H,26,27)/b25-14+. The summed E-state index contributed by atoms with van der Waals surface area (Å²) in [4.78, 5) is 24.8. The van der Waals surface area contributed by atoms with Crippen LogP contribution >= 0.6 is 15.9 Å². The second kappa shape index (κ2) is 9.84. The fraction of sp³-hybridized carbons (Fsp3) is 0.0870. The van der Waals surface area contributed by atoms with Crippen molar-refractivity contribution in [3.8, 4) is 11.5 Å². The van der Waals surface area contributed by atoms with E-state index in [2.05, 4.69) is 26.5 Å². The van der Waals surface area contributed by atoms with Crippen LogP contribution in [-0.4, -0.2) is 25.2 Å². The molecular weight excluding hydrogens is 448 g/mol. The Bertz CT molecular complexity index is 1090. The minimum atomic E-state index is -0.515. The molecule has 3 aromatic rings. The molecule has 0 radical (unpaired) electrons. The van der Waals surface area contributed by atoms with Gasteiger partial charge in [-0.25, -0.2) is 10.2 Å². The van der Waals surface area contributed by atoms with Crippen molar-refractivity contribution in [2.45, 2.75) is 6.92 Å². The van der Waals surface area contributed by atoms with Crippen LogP contribution in [0.5, 0.6) is 11.5 Å². The summed E-state index contributed by atoms with van der Waals surface area (Å²) in [5.74, 6) is 0.120. The van der Waals surface area contributed by atoms with Crippen LogP contribution < -0.4 is 14.9 Å². The van der Waals surface area contributed by atoms with Gasteiger partial charge in [-0.2, -0.15) is 5.10 Å². The molecule has 0 aromatic heterocycles. The van der Waals surface area contributed by atoms with Gasteiger partial charge in [0.1, 0.15) is 11.5 Å². The first-order valence-electron chi connectivity index (χ1n) is 9.03. The summed E-state index contributed by atoms with van der Waals surface area (Å²) >= 11 is 3.39. The predicted octanol–water partition coefficient (Wildman–Crippen LogP) is 4.75. The molecule has 0 spiro atoms. The Kier molecular flexibility index (Phi) is 6.98. The largest absolute Gasteiger partial charge is 0.497 e. The van der Waals surface area contributed by atoms with E-state index < -0.39 is 5.97 Å². The normalized spacial score (nSPS) is 10.6. The molecule has 3 rings (SSSR count). The van der Waals surface area contributed by atoms with E-state index in [4.69, 9.17) is 9.47 Å². The monoisotopic (exact) mass is 466 g/mol. The molecular formula is C23H19BrN2O4. The third-order valence-corrected chi connectivity index (χ3v) is 4.75. The number of carbonyl (C=O) groups is 2. The average molecular weight is 467 g/mol. The highest BCUT2D eigenvalue weighted by Crippen LogP contribution is 2.23. The van der Waals surface area contributed by atoms with E-state index in [1.54, 1.807) is 61.7 Å². The number of esters is 1. The smallest absolute Gasteiger partial charge is 0.343 e. The molecule has 0 bridgehead atoms. The van der Waals surface area contributed by atoms with Crippen LogP contribution in [-0.2, 0) is 0 Å². The van der Waals surface area contributed by atoms with E-state index in [0.717, 1.165) is 10.0 Å². The van der Waals surface area contributed by atoms with E-state index in [1.165, 1.54) is 6.21 Å². The van der Waals surface area contributed by atoms with Crippen LogP contribution in [0.1, 0.15) is 31.8 Å². The van der Waals surface area contributed by atoms with Crippen molar-refractivity contribution >= 4 is 34.0 Å². The highest BCUT2D eigenvalue weighted by atomic mass is 79.9. The lowest BCUT2D eigenvalue weighted by molar-refractivity contribution is 0.0734. The van der Waals surface area contributed by atoms with Crippen molar-refractivity contribution in [2.75, 3.05) is 7.11 Å². The quantitative estimate of drug-likeness (QED) is 0.246. The lowest BCUT2D eigenvalue weighted by Gasteiger charge is -2.09. The molecule has 0 unspecified atom stereocenters. The highest BCUT2D eigenvalue weighted by Gasteiger charge is 2.12. The molecule has 30 heavy (non-hydrogen) atoms. The minimum absolute atomic E-state index is 0.313. The number of halogens is 1. The van der Waals surface area contributed by atoms with Gasteiger partial charge in [0.2, 0.25) is 0 Å². The molecule has 0 saturated carbocycles. The summed E-state index contributed by atoms with van der Waals surface area (Å²) in [5, 5.41) is 4.01. The Morgan fingerprint density at radius 3 is 2.47 bits per heavy atom. The van der Waals surface area contributed by atoms with Crippen molar-refractivity contribution in [3.05, 3.63) is 93.5 Å². The van der Waals surface area contributed by atoms with Gasteiger partial charge in [0.15, 0.2) is 0 Å². The van der Waals surface area contributed by atoms with E-state index >= 15 is 0 Å². The molecule has 0 saturated heterocycles. The van der Waals surface area contributed by atoms with Crippen LogP contribution in [0.25, 0.3) is 0 Å². The van der Waals surface area contributed by atoms with Gasteiger partial charge in [0, 0.05) is 15.6 Å². The van der Waals surface area contributed by atoms with E-state index in [9.17, 15) is 9.59 Å². The van der Waals surface area contributed by atoms with Crippen LogP contribution in [0.3, 0.4) is 0 Å². The number of carbonyl (C=O) groups excluding carboxylic acids is 2. The molecule has 152 valence electrons. The molecule has 0 atom stereocenters. The number of hydrogen-bond acceptors (Lipinski definition) is 5. The summed E-state index contributed by atoms with van der Waals surface area (Å²) in [5.41, 5.74) is 4.79. The number of hydrogen-bond donors (Lipinski definition) is 1. The first-order valence-corrected chi connectivity index (χ1v) is 9.82. The second-order valence-corrected chi connectivity index (χ2v) is 7.23. The minimum Gasteiger partial charge on any atom is -0.497 e. The zero-order valence-electron chi connectivity index (χ0n) is 16.4. The fourth-order valence-corrected chi connectivity index (χ4v) is 3.03. The molecule has 0 heterocycles. The number of amides is 1. The number of benzene rings is 3. The maximum Gasteiger partial charge on any atom is 0.343 e. The Labute approximate surface area is 182 Å². The van der Waals surface area contributed by atoms with Gasteiger partial charge in [0.25, 0.3) is 5.91 Å². The van der Waals surface area contributed by atoms with Gasteiger partial charge in [-0.15, -0.1) is 0 Å². The zero-order valence-corrected chi connectivity index (χ0v) is 18.0. The number of methoxy groups -OCH3 is 1. The number of ether oxygens (including phenoxy) is 2. The van der Waals surface area contributed by atoms with Crippen LogP contribution in [0.2, 0.25) is 0 Å². The summed E-state index contributed by atoms with van der Waals surface area (Å²) in [7, 11) is 1.55. The van der Waals surface area contributed by atoms with Gasteiger partial charge < -0.3 is 9.47 Å². The molecule has 3 aromatic carbocycles. The third kappa shape index (κ3) is 5.33. The summed E-state index contributed by atoms with van der Waals surface area (Å²) in [6.45, 7) is 1.85. The summed E-state index contributed by atoms with van der Waals surface area (Å²) in [6, 6.07) is 19.0. The van der Waals surface area contributed by atoms with Crippen LogP contribution in [0, 0.1) is 6.92 Å². The molecule has 1 N–H and O–H groups in total. The number of rotatable bonds is 6. The van der Waals surface area contributed by atoms with Gasteiger partial charge in [-0.1, -0.05) is 34.1 Å². The number of nitrogens with one attached hydrogen (secondary N) is 1. The molecule has 1 amide bonds. The Morgan fingerprint density at radius 2 is 1.77 bits per heavy atom. The molecule has 6 nitrogen and oxygen atoms in total. The third-order valence-electron chi connectivity index (χ3n) is 4.26. The van der Waals surface area contributed by atoms with Gasteiger partial charge in [0.05, 0.1) is 18.9 Å². The van der Waals surface area contributed by atoms with Crippen molar-refractivity contribution in [1.29, 1.82) is 0 Å². The van der Waals surface area contributed by atoms with Gasteiger partial charge in [-0.3, -0.25) is 4.79 Å². The Morgan fingerprint density at radius 1 is 1.03 bits per heavy atom. The lowest BCUT2D eigenvalue weighted by Crippen LogP contribution is -2.18. The number of hydrazone groups is 1. The maximum absolute atomic E-state index is 12.5. The molecule has 0 aliphatic rings.